The zero-order valence-electron chi connectivity index (χ0n) is 29.0. The lowest BCUT2D eigenvalue weighted by Crippen LogP contribution is -2.55. The minimum Gasteiger partial charge on any atom is -0.544 e. The highest BCUT2D eigenvalue weighted by atomic mass is 16.6. The number of hydrogen-bond donors (Lipinski definition) is 0. The molecule has 2 atom stereocenters. The van der Waals surface area contributed by atoms with Crippen LogP contribution in [0.3, 0.4) is 0 Å². The van der Waals surface area contributed by atoms with Gasteiger partial charge in [-0.2, -0.15) is 0 Å². The fourth-order valence-corrected chi connectivity index (χ4v) is 4.61. The van der Waals surface area contributed by atoms with Crippen molar-refractivity contribution in [2.45, 2.75) is 129 Å². The lowest BCUT2D eigenvalue weighted by Gasteiger charge is -2.34. The summed E-state index contributed by atoms with van der Waals surface area (Å²) < 4.78 is 16.9. The van der Waals surface area contributed by atoms with Crippen molar-refractivity contribution < 1.29 is 38.2 Å². The summed E-state index contributed by atoms with van der Waals surface area (Å²) in [5.74, 6) is -1.80. The molecule has 0 aromatic carbocycles. The van der Waals surface area contributed by atoms with Crippen LogP contribution in [0.25, 0.3) is 0 Å². The highest BCUT2D eigenvalue weighted by Gasteiger charge is 2.25. The number of unbranched alkanes of at least 4 members (excludes halogenated alkanes) is 10. The molecule has 0 N–H and O–H groups in total. The number of nitrogens with zero attached hydrogens (tertiary/aromatic N) is 1. The molecule has 0 aliphatic carbocycles. The number of carbonyl (C=O) groups is 3. The smallest absolute Gasteiger partial charge is 0.306 e. The van der Waals surface area contributed by atoms with Crippen molar-refractivity contribution >= 4 is 17.9 Å². The van der Waals surface area contributed by atoms with Gasteiger partial charge in [-0.25, -0.2) is 0 Å². The van der Waals surface area contributed by atoms with Crippen molar-refractivity contribution in [2.24, 2.45) is 0 Å². The van der Waals surface area contributed by atoms with E-state index in [4.69, 9.17) is 14.2 Å². The Bertz CT molecular complexity index is 886. The summed E-state index contributed by atoms with van der Waals surface area (Å²) in [5, 5.41) is 11.5. The molecule has 0 fully saturated rings. The van der Waals surface area contributed by atoms with E-state index in [0.717, 1.165) is 44.9 Å². The largest absolute Gasteiger partial charge is 0.544 e. The second-order valence-corrected chi connectivity index (χ2v) is 12.5. The molecule has 0 aliphatic heterocycles. The molecule has 2 unspecified atom stereocenters. The third-order valence-electron chi connectivity index (χ3n) is 7.32. The van der Waals surface area contributed by atoms with Gasteiger partial charge in [0.2, 0.25) is 0 Å². The standard InChI is InChI=1S/C37H63NO7/c1-6-8-10-12-14-16-17-18-19-20-22-24-26-28-36(40)45-33(31-43-30-29-34(37(41)42)38(3,4)5)32-44-35(39)27-25-23-21-15-13-11-9-7-2/h8,10,12,14,16-19,33-34H,6-7,9,11,13,15,20-32H2,1-5H3/b10-8+,14-12+,17-16+,19-18+. The lowest BCUT2D eigenvalue weighted by molar-refractivity contribution is -0.889. The summed E-state index contributed by atoms with van der Waals surface area (Å²) in [6.07, 6.45) is 30.0. The van der Waals surface area contributed by atoms with Gasteiger partial charge in [-0.15, -0.1) is 0 Å². The predicted molar refractivity (Wildman–Crippen MR) is 180 cm³/mol. The first kappa shape index (κ1) is 42.3. The number of allylic oxidation sites excluding steroid dienone is 8. The Labute approximate surface area is 274 Å². The molecule has 45 heavy (non-hydrogen) atoms. The maximum atomic E-state index is 12.6. The highest BCUT2D eigenvalue weighted by molar-refractivity contribution is 5.70. The number of rotatable bonds is 29. The molecule has 258 valence electrons. The number of likely N-dealkylation sites (N-methyl/N-ethyl adjacent to an activating group) is 1. The van der Waals surface area contributed by atoms with Gasteiger partial charge < -0.3 is 28.6 Å². The third-order valence-corrected chi connectivity index (χ3v) is 7.32. The number of esters is 2. The number of carboxylic acids is 1. The Morgan fingerprint density at radius 2 is 1.24 bits per heavy atom. The Morgan fingerprint density at radius 1 is 0.689 bits per heavy atom. The molecule has 0 saturated heterocycles. The van der Waals surface area contributed by atoms with Crippen molar-refractivity contribution in [3.8, 4) is 0 Å². The molecule has 0 aliphatic rings. The van der Waals surface area contributed by atoms with Crippen LogP contribution in [-0.2, 0) is 28.6 Å². The highest BCUT2D eigenvalue weighted by Crippen LogP contribution is 2.12. The number of aliphatic carboxylic acids is 1. The van der Waals surface area contributed by atoms with E-state index in [1.54, 1.807) is 21.1 Å². The van der Waals surface area contributed by atoms with Crippen molar-refractivity contribution in [2.75, 3.05) is 41.0 Å². The van der Waals surface area contributed by atoms with Crippen molar-refractivity contribution in [1.82, 2.24) is 0 Å². The molecule has 0 saturated carbocycles. The predicted octanol–water partition coefficient (Wildman–Crippen LogP) is 6.79. The van der Waals surface area contributed by atoms with Crippen molar-refractivity contribution in [1.29, 1.82) is 0 Å². The number of quaternary nitrogens is 1. The van der Waals surface area contributed by atoms with E-state index >= 15 is 0 Å². The molecule has 8 nitrogen and oxygen atoms in total. The summed E-state index contributed by atoms with van der Waals surface area (Å²) in [7, 11) is 5.36. The first-order valence-electron chi connectivity index (χ1n) is 17.2. The summed E-state index contributed by atoms with van der Waals surface area (Å²) in [4.78, 5) is 36.4. The molecule has 0 amide bonds. The summed E-state index contributed by atoms with van der Waals surface area (Å²) >= 11 is 0. The van der Waals surface area contributed by atoms with Crippen LogP contribution < -0.4 is 5.11 Å². The summed E-state index contributed by atoms with van der Waals surface area (Å²) in [6, 6.07) is -0.730. The van der Waals surface area contributed by atoms with E-state index < -0.39 is 18.1 Å². The van der Waals surface area contributed by atoms with E-state index in [-0.39, 0.29) is 49.1 Å². The number of carbonyl (C=O) groups excluding carboxylic acids is 3. The SMILES string of the molecule is CC/C=C/C=C/C=C/C=C/CCCCCC(=O)OC(COCCC(C(=O)[O-])[N+](C)(C)C)COC(=O)CCCCCCCCCC. The van der Waals surface area contributed by atoms with E-state index in [1.807, 2.05) is 36.5 Å². The maximum Gasteiger partial charge on any atom is 0.306 e. The molecule has 0 rings (SSSR count). The van der Waals surface area contributed by atoms with Crippen LogP contribution in [0.5, 0.6) is 0 Å². The van der Waals surface area contributed by atoms with Crippen LogP contribution in [0.1, 0.15) is 117 Å². The van der Waals surface area contributed by atoms with Gasteiger partial charge in [0, 0.05) is 19.3 Å². The molecule has 0 bridgehead atoms. The second kappa shape index (κ2) is 28.7. The fourth-order valence-electron chi connectivity index (χ4n) is 4.61. The molecule has 0 radical (unpaired) electrons. The van der Waals surface area contributed by atoms with Gasteiger partial charge in [0.15, 0.2) is 6.10 Å². The first-order valence-corrected chi connectivity index (χ1v) is 17.2. The minimum absolute atomic E-state index is 0.0239. The Hall–Kier alpha value is -2.71. The quantitative estimate of drug-likeness (QED) is 0.0387. The van der Waals surface area contributed by atoms with Crippen LogP contribution in [0.15, 0.2) is 48.6 Å². The van der Waals surface area contributed by atoms with Crippen LogP contribution in [0.2, 0.25) is 0 Å². The molecule has 0 spiro atoms. The van der Waals surface area contributed by atoms with E-state index in [1.165, 1.54) is 32.1 Å². The van der Waals surface area contributed by atoms with Crippen molar-refractivity contribution in [3.63, 3.8) is 0 Å². The van der Waals surface area contributed by atoms with Gasteiger partial charge in [0.25, 0.3) is 0 Å². The van der Waals surface area contributed by atoms with Gasteiger partial charge in [-0.3, -0.25) is 9.59 Å². The summed E-state index contributed by atoms with van der Waals surface area (Å²) in [5.41, 5.74) is 0. The molecule has 8 heteroatoms. The van der Waals surface area contributed by atoms with Crippen molar-refractivity contribution in [3.05, 3.63) is 48.6 Å². The molecule has 0 aromatic heterocycles. The van der Waals surface area contributed by atoms with Crippen LogP contribution >= 0.6 is 0 Å². The van der Waals surface area contributed by atoms with Gasteiger partial charge >= 0.3 is 11.9 Å². The Morgan fingerprint density at radius 3 is 1.84 bits per heavy atom. The maximum absolute atomic E-state index is 12.6. The molecular formula is C37H63NO7. The topological polar surface area (TPSA) is 102 Å². The zero-order chi connectivity index (χ0) is 33.6. The van der Waals surface area contributed by atoms with E-state index in [2.05, 4.69) is 26.0 Å². The number of hydrogen-bond acceptors (Lipinski definition) is 7. The zero-order valence-corrected chi connectivity index (χ0v) is 29.0. The average molecular weight is 634 g/mol. The molecule has 0 aromatic rings. The van der Waals surface area contributed by atoms with Gasteiger partial charge in [-0.1, -0.05) is 114 Å². The third kappa shape index (κ3) is 27.3. The second-order valence-electron chi connectivity index (χ2n) is 12.5. The normalized spacial score (nSPS) is 13.7. The van der Waals surface area contributed by atoms with E-state index in [9.17, 15) is 19.5 Å². The van der Waals surface area contributed by atoms with Crippen LogP contribution in [0, 0.1) is 0 Å². The monoisotopic (exact) mass is 633 g/mol. The lowest BCUT2D eigenvalue weighted by atomic mass is 10.1. The Balaban J connectivity index is 4.57. The summed E-state index contributed by atoms with van der Waals surface area (Å²) in [6.45, 7) is 4.41. The first-order chi connectivity index (χ1) is 21.6. The molecule has 0 heterocycles. The minimum atomic E-state index is -1.14. The van der Waals surface area contributed by atoms with Gasteiger partial charge in [-0.05, 0) is 32.1 Å². The van der Waals surface area contributed by atoms with Gasteiger partial charge in [0.05, 0.1) is 40.3 Å². The molecular weight excluding hydrogens is 570 g/mol. The fraction of sp³-hybridized carbons (Fsp3) is 0.703. The number of ether oxygens (including phenoxy) is 3. The Kier molecular flexibility index (Phi) is 27.0. The van der Waals surface area contributed by atoms with Gasteiger partial charge in [0.1, 0.15) is 12.6 Å². The van der Waals surface area contributed by atoms with Crippen LogP contribution in [-0.4, -0.2) is 75.5 Å². The average Bonchev–Trinajstić information content (AvgIpc) is 2.98. The number of carboxylic acid groups (broad SMARTS) is 1. The van der Waals surface area contributed by atoms with E-state index in [0.29, 0.717) is 12.8 Å². The van der Waals surface area contributed by atoms with Crippen LogP contribution in [0.4, 0.5) is 0 Å².